The van der Waals surface area contributed by atoms with E-state index in [1.165, 1.54) is 0 Å². The van der Waals surface area contributed by atoms with E-state index < -0.39 is 0 Å². The Kier molecular flexibility index (Phi) is 6.94. The average Bonchev–Trinajstić information content (AvgIpc) is 2.23. The molecule has 0 saturated carbocycles. The van der Waals surface area contributed by atoms with Gasteiger partial charge in [0.15, 0.2) is 0 Å². The molecule has 0 fully saturated rings. The Labute approximate surface area is 119 Å². The molecule has 0 aromatic heterocycles. The number of aromatic hydroxyl groups is 1. The highest BCUT2D eigenvalue weighted by Crippen LogP contribution is 2.36. The highest BCUT2D eigenvalue weighted by Gasteiger charge is 2.16. The summed E-state index contributed by atoms with van der Waals surface area (Å²) in [5.74, 6) is 0.642. The molecule has 0 saturated heterocycles. The first-order chi connectivity index (χ1) is 6.97. The van der Waals surface area contributed by atoms with Crippen molar-refractivity contribution in [3.63, 3.8) is 0 Å². The molecule has 0 aliphatic carbocycles. The molecule has 2 atom stereocenters. The van der Waals surface area contributed by atoms with Crippen molar-refractivity contribution >= 4 is 44.3 Å². The lowest BCUT2D eigenvalue weighted by Gasteiger charge is -2.19. The molecular weight excluding hydrogens is 357 g/mol. The molecule has 2 nitrogen and oxygen atoms in total. The standard InChI is InChI=1S/C11H15Br2NO.ClH/c1-3-6(2)10(14)7-4-8(12)11(15)9(13)5-7;/h4-6,10,15H,3,14H2,1-2H3;1H/t6?,10-;/m0./s1. The third-order valence-electron chi connectivity index (χ3n) is 2.68. The van der Waals surface area contributed by atoms with Crippen LogP contribution in [0.4, 0.5) is 0 Å². The van der Waals surface area contributed by atoms with Crippen molar-refractivity contribution in [1.29, 1.82) is 0 Å². The molecule has 0 aliphatic heterocycles. The van der Waals surface area contributed by atoms with Gasteiger partial charge in [0.2, 0.25) is 0 Å². The van der Waals surface area contributed by atoms with Gasteiger partial charge in [-0.2, -0.15) is 0 Å². The Morgan fingerprint density at radius 1 is 1.31 bits per heavy atom. The van der Waals surface area contributed by atoms with Crippen LogP contribution in [0.2, 0.25) is 0 Å². The molecule has 16 heavy (non-hydrogen) atoms. The van der Waals surface area contributed by atoms with E-state index in [0.29, 0.717) is 14.9 Å². The quantitative estimate of drug-likeness (QED) is 0.826. The summed E-state index contributed by atoms with van der Waals surface area (Å²) in [4.78, 5) is 0. The van der Waals surface area contributed by atoms with Gasteiger partial charge in [-0.05, 0) is 55.5 Å². The molecule has 0 bridgehead atoms. The molecule has 92 valence electrons. The highest BCUT2D eigenvalue weighted by molar-refractivity contribution is 9.11. The largest absolute Gasteiger partial charge is 0.506 e. The van der Waals surface area contributed by atoms with Gasteiger partial charge in [0.25, 0.3) is 0 Å². The second-order valence-electron chi connectivity index (χ2n) is 3.74. The minimum absolute atomic E-state index is 0. The lowest BCUT2D eigenvalue weighted by molar-refractivity contribution is 0.451. The van der Waals surface area contributed by atoms with Crippen molar-refractivity contribution in [2.45, 2.75) is 26.3 Å². The average molecular weight is 374 g/mol. The summed E-state index contributed by atoms with van der Waals surface area (Å²) < 4.78 is 1.34. The van der Waals surface area contributed by atoms with Crippen molar-refractivity contribution in [2.75, 3.05) is 0 Å². The molecule has 5 heteroatoms. The van der Waals surface area contributed by atoms with Crippen LogP contribution in [0.5, 0.6) is 5.75 Å². The summed E-state index contributed by atoms with van der Waals surface area (Å²) in [6, 6.07) is 3.75. The van der Waals surface area contributed by atoms with E-state index in [0.717, 1.165) is 12.0 Å². The first kappa shape index (κ1) is 16.2. The number of hydrogen-bond donors (Lipinski definition) is 2. The molecule has 0 aliphatic rings. The first-order valence-corrected chi connectivity index (χ1v) is 6.49. The van der Waals surface area contributed by atoms with Crippen LogP contribution in [0.1, 0.15) is 31.9 Å². The van der Waals surface area contributed by atoms with Crippen LogP contribution in [-0.4, -0.2) is 5.11 Å². The van der Waals surface area contributed by atoms with Crippen molar-refractivity contribution in [3.8, 4) is 5.75 Å². The van der Waals surface area contributed by atoms with Crippen molar-refractivity contribution in [2.24, 2.45) is 11.7 Å². The summed E-state index contributed by atoms with van der Waals surface area (Å²) >= 11 is 6.60. The molecule has 3 N–H and O–H groups in total. The molecule has 1 aromatic carbocycles. The SMILES string of the molecule is CCC(C)[C@H](N)c1cc(Br)c(O)c(Br)c1.Cl. The number of rotatable bonds is 3. The van der Waals surface area contributed by atoms with Gasteiger partial charge >= 0.3 is 0 Å². The smallest absolute Gasteiger partial charge is 0.143 e. The fourth-order valence-corrected chi connectivity index (χ4v) is 2.58. The maximum Gasteiger partial charge on any atom is 0.143 e. The monoisotopic (exact) mass is 371 g/mol. The number of phenolic OH excluding ortho intramolecular Hbond substituents is 1. The first-order valence-electron chi connectivity index (χ1n) is 4.90. The van der Waals surface area contributed by atoms with E-state index in [9.17, 15) is 5.11 Å². The minimum atomic E-state index is 0. The van der Waals surface area contributed by atoms with Crippen molar-refractivity contribution in [1.82, 2.24) is 0 Å². The Hall–Kier alpha value is 0.230. The topological polar surface area (TPSA) is 46.2 Å². The minimum Gasteiger partial charge on any atom is -0.506 e. The van der Waals surface area contributed by atoms with Crippen LogP contribution in [0.3, 0.4) is 0 Å². The zero-order valence-electron chi connectivity index (χ0n) is 9.21. The van der Waals surface area contributed by atoms with Crippen molar-refractivity contribution < 1.29 is 5.11 Å². The fourth-order valence-electron chi connectivity index (χ4n) is 1.36. The summed E-state index contributed by atoms with van der Waals surface area (Å²) in [7, 11) is 0. The maximum absolute atomic E-state index is 9.57. The van der Waals surface area contributed by atoms with E-state index in [1.807, 2.05) is 12.1 Å². The Morgan fingerprint density at radius 2 is 1.75 bits per heavy atom. The predicted molar refractivity (Wildman–Crippen MR) is 77.1 cm³/mol. The number of phenols is 1. The van der Waals surface area contributed by atoms with Gasteiger partial charge in [-0.25, -0.2) is 0 Å². The van der Waals surface area contributed by atoms with Gasteiger partial charge in [0, 0.05) is 6.04 Å². The summed E-state index contributed by atoms with van der Waals surface area (Å²) in [6.07, 6.45) is 1.04. The molecule has 1 aromatic rings. The molecule has 0 heterocycles. The van der Waals surface area contributed by atoms with Crippen LogP contribution in [-0.2, 0) is 0 Å². The van der Waals surface area contributed by atoms with Gasteiger partial charge < -0.3 is 10.8 Å². The Balaban J connectivity index is 0.00000225. The summed E-state index contributed by atoms with van der Waals surface area (Å²) in [6.45, 7) is 4.24. The second-order valence-corrected chi connectivity index (χ2v) is 5.45. The molecular formula is C11H16Br2ClNO. The molecule has 0 spiro atoms. The Morgan fingerprint density at radius 3 is 2.12 bits per heavy atom. The van der Waals surface area contributed by atoms with Crippen LogP contribution in [0.25, 0.3) is 0 Å². The van der Waals surface area contributed by atoms with E-state index in [1.54, 1.807) is 0 Å². The van der Waals surface area contributed by atoms with E-state index in [2.05, 4.69) is 45.7 Å². The maximum atomic E-state index is 9.57. The van der Waals surface area contributed by atoms with Gasteiger partial charge in [-0.3, -0.25) is 0 Å². The fraction of sp³-hybridized carbons (Fsp3) is 0.455. The number of hydrogen-bond acceptors (Lipinski definition) is 2. The molecule has 1 rings (SSSR count). The van der Waals surface area contributed by atoms with Gasteiger partial charge in [0.05, 0.1) is 8.95 Å². The summed E-state index contributed by atoms with van der Waals surface area (Å²) in [5, 5.41) is 9.57. The lowest BCUT2D eigenvalue weighted by atomic mass is 9.93. The lowest BCUT2D eigenvalue weighted by Crippen LogP contribution is -2.18. The zero-order valence-corrected chi connectivity index (χ0v) is 13.2. The number of benzene rings is 1. The molecule has 0 amide bonds. The summed E-state index contributed by atoms with van der Waals surface area (Å²) in [5.41, 5.74) is 7.14. The van der Waals surface area contributed by atoms with Gasteiger partial charge in [-0.1, -0.05) is 20.3 Å². The van der Waals surface area contributed by atoms with E-state index in [-0.39, 0.29) is 24.2 Å². The zero-order chi connectivity index (χ0) is 11.6. The number of nitrogens with two attached hydrogens (primary N) is 1. The second kappa shape index (κ2) is 6.84. The van der Waals surface area contributed by atoms with Gasteiger partial charge in [0.1, 0.15) is 5.75 Å². The predicted octanol–water partition coefficient (Wildman–Crippen LogP) is 4.38. The van der Waals surface area contributed by atoms with E-state index in [4.69, 9.17) is 5.73 Å². The third-order valence-corrected chi connectivity index (χ3v) is 3.89. The highest BCUT2D eigenvalue weighted by atomic mass is 79.9. The van der Waals surface area contributed by atoms with Crippen LogP contribution in [0, 0.1) is 5.92 Å². The van der Waals surface area contributed by atoms with Crippen LogP contribution < -0.4 is 5.73 Å². The molecule has 0 radical (unpaired) electrons. The normalized spacial score (nSPS) is 14.1. The van der Waals surface area contributed by atoms with Gasteiger partial charge in [-0.15, -0.1) is 12.4 Å². The van der Waals surface area contributed by atoms with Crippen LogP contribution >= 0.6 is 44.3 Å². The van der Waals surface area contributed by atoms with E-state index >= 15 is 0 Å². The van der Waals surface area contributed by atoms with Crippen LogP contribution in [0.15, 0.2) is 21.1 Å². The third kappa shape index (κ3) is 3.62. The molecule has 1 unspecified atom stereocenters. The number of halogens is 3. The Bertz CT molecular complexity index is 337. The van der Waals surface area contributed by atoms with Crippen molar-refractivity contribution in [3.05, 3.63) is 26.6 Å².